The molecule has 0 unspecified atom stereocenters. The minimum absolute atomic E-state index is 0.842. The van der Waals surface area contributed by atoms with Crippen molar-refractivity contribution in [1.29, 1.82) is 0 Å². The third-order valence-electron chi connectivity index (χ3n) is 15.5. The smallest absolute Gasteiger partial charge is 0.145 e. The Morgan fingerprint density at radius 2 is 0.897 bits per heavy atom. The number of fused-ring (bicyclic) bond motifs is 13. The van der Waals surface area contributed by atoms with E-state index in [4.69, 9.17) is 4.42 Å². The highest BCUT2D eigenvalue weighted by atomic mass is 32.1. The Kier molecular flexibility index (Phi) is 10.3. The van der Waals surface area contributed by atoms with Crippen LogP contribution in [0.15, 0.2) is 277 Å². The zero-order valence-electron chi connectivity index (χ0n) is 42.0. The first-order valence-electron chi connectivity index (χ1n) is 26.4. The highest BCUT2D eigenvalue weighted by molar-refractivity contribution is 7.26. The van der Waals surface area contributed by atoms with Gasteiger partial charge in [-0.05, 0) is 126 Å². The van der Waals surface area contributed by atoms with Gasteiger partial charge in [0.2, 0.25) is 0 Å². The lowest BCUT2D eigenvalue weighted by molar-refractivity contribution is 0.670. The van der Waals surface area contributed by atoms with Crippen LogP contribution in [0.1, 0.15) is 0 Å². The molecule has 78 heavy (non-hydrogen) atoms. The zero-order chi connectivity index (χ0) is 51.3. The topological polar surface area (TPSA) is 24.6 Å². The summed E-state index contributed by atoms with van der Waals surface area (Å²) in [5.74, 6) is 0. The highest BCUT2D eigenvalue weighted by Crippen LogP contribution is 2.51. The Balaban J connectivity index is 1.03. The molecular weight excluding hydrogens is 987 g/mol. The third-order valence-corrected chi connectivity index (χ3v) is 17.8. The minimum Gasteiger partial charge on any atom is -0.455 e. The molecule has 0 radical (unpaired) electrons. The molecule has 0 fully saturated rings. The summed E-state index contributed by atoms with van der Waals surface area (Å²) in [6.45, 7) is 0. The molecule has 0 spiro atoms. The Morgan fingerprint density at radius 1 is 0.321 bits per heavy atom. The van der Waals surface area contributed by atoms with E-state index in [9.17, 15) is 0 Å². The second-order valence-electron chi connectivity index (χ2n) is 20.0. The van der Waals surface area contributed by atoms with Crippen LogP contribution in [-0.4, -0.2) is 4.57 Å². The van der Waals surface area contributed by atoms with Gasteiger partial charge in [0.25, 0.3) is 0 Å². The van der Waals surface area contributed by atoms with Gasteiger partial charge in [-0.2, -0.15) is 0 Å². The molecule has 16 aromatic rings. The number of para-hydroxylation sites is 4. The lowest BCUT2D eigenvalue weighted by atomic mass is 9.96. The van der Waals surface area contributed by atoms with Gasteiger partial charge in [-0.15, -0.1) is 22.7 Å². The maximum atomic E-state index is 7.26. The summed E-state index contributed by atoms with van der Waals surface area (Å²) in [6, 6.07) is 99.6. The van der Waals surface area contributed by atoms with Crippen molar-refractivity contribution < 1.29 is 4.42 Å². The minimum atomic E-state index is 0.842. The Hall–Kier alpha value is -9.72. The molecule has 0 atom stereocenters. The summed E-state index contributed by atoms with van der Waals surface area (Å²) in [6.07, 6.45) is 0. The molecule has 0 aliphatic heterocycles. The van der Waals surface area contributed by atoms with Crippen molar-refractivity contribution in [2.75, 3.05) is 9.80 Å². The van der Waals surface area contributed by atoms with E-state index in [2.05, 4.69) is 287 Å². The molecule has 0 bridgehead atoms. The van der Waals surface area contributed by atoms with E-state index in [1.807, 2.05) is 22.7 Å². The highest BCUT2D eigenvalue weighted by Gasteiger charge is 2.27. The second-order valence-corrected chi connectivity index (χ2v) is 22.2. The Bertz CT molecular complexity index is 4980. The second kappa shape index (κ2) is 18.0. The van der Waals surface area contributed by atoms with Crippen LogP contribution in [0.25, 0.3) is 112 Å². The fourth-order valence-corrected chi connectivity index (χ4v) is 14.4. The number of anilines is 6. The fraction of sp³-hybridized carbons (Fsp3) is 0. The van der Waals surface area contributed by atoms with E-state index < -0.39 is 0 Å². The van der Waals surface area contributed by atoms with Gasteiger partial charge >= 0.3 is 0 Å². The Labute approximate surface area is 457 Å². The molecule has 0 aliphatic carbocycles. The summed E-state index contributed by atoms with van der Waals surface area (Å²) in [5, 5.41) is 9.51. The molecule has 0 saturated heterocycles. The van der Waals surface area contributed by atoms with Gasteiger partial charge in [-0.25, -0.2) is 0 Å². The quantitative estimate of drug-likeness (QED) is 0.144. The molecule has 366 valence electrons. The Morgan fingerprint density at radius 3 is 1.69 bits per heavy atom. The zero-order valence-corrected chi connectivity index (χ0v) is 43.7. The first-order chi connectivity index (χ1) is 38.7. The van der Waals surface area contributed by atoms with Gasteiger partial charge in [-0.1, -0.05) is 164 Å². The van der Waals surface area contributed by atoms with Crippen LogP contribution in [-0.2, 0) is 0 Å². The van der Waals surface area contributed by atoms with E-state index in [-0.39, 0.29) is 0 Å². The van der Waals surface area contributed by atoms with Crippen molar-refractivity contribution in [2.45, 2.75) is 0 Å². The van der Waals surface area contributed by atoms with Crippen molar-refractivity contribution in [3.63, 3.8) is 0 Å². The first kappa shape index (κ1) is 44.6. The standard InChI is InChI=1S/C72H45N3OS2/c1-4-19-46(20-5-1)47-35-37-51(38-36-47)73(52-39-40-57-56-26-12-16-32-65(56)78-68(57)44-52)53-41-48(42-54(43-53)74(49-21-6-2-7-22-49)63-30-18-34-67-69(63)59-28-13-17-33-66(59)77-67)60-45-61-55-25-10-14-29-62(55)75(50-23-8-3-9-24-50)71(61)70-58-27-11-15-31-64(58)76-72(60)70/h1-45H. The summed E-state index contributed by atoms with van der Waals surface area (Å²) < 4.78 is 14.7. The summed E-state index contributed by atoms with van der Waals surface area (Å²) in [4.78, 5) is 4.92. The van der Waals surface area contributed by atoms with E-state index in [1.165, 1.54) is 51.3 Å². The average Bonchev–Trinajstić information content (AvgIpc) is 4.44. The van der Waals surface area contributed by atoms with Crippen molar-refractivity contribution in [2.24, 2.45) is 0 Å². The molecule has 16 rings (SSSR count). The van der Waals surface area contributed by atoms with Gasteiger partial charge in [-0.3, -0.25) is 0 Å². The van der Waals surface area contributed by atoms with Crippen molar-refractivity contribution in [1.82, 2.24) is 4.57 Å². The molecule has 0 N–H and O–H groups in total. The van der Waals surface area contributed by atoms with Gasteiger partial charge in [0.1, 0.15) is 11.2 Å². The number of hydrogen-bond acceptors (Lipinski definition) is 5. The molecule has 0 aliphatic rings. The lowest BCUT2D eigenvalue weighted by Crippen LogP contribution is -2.14. The van der Waals surface area contributed by atoms with Gasteiger partial charge in [0.05, 0.1) is 22.1 Å². The maximum absolute atomic E-state index is 7.26. The molecular formula is C72H45N3OS2. The first-order valence-corrected chi connectivity index (χ1v) is 28.0. The molecule has 0 saturated carbocycles. The number of furan rings is 1. The van der Waals surface area contributed by atoms with E-state index >= 15 is 0 Å². The molecule has 4 heterocycles. The molecule has 0 amide bonds. The number of aromatic nitrogens is 1. The van der Waals surface area contributed by atoms with Crippen LogP contribution < -0.4 is 9.80 Å². The molecule has 6 heteroatoms. The van der Waals surface area contributed by atoms with Crippen LogP contribution >= 0.6 is 22.7 Å². The largest absolute Gasteiger partial charge is 0.455 e. The van der Waals surface area contributed by atoms with Gasteiger partial charge in [0.15, 0.2) is 0 Å². The number of hydrogen-bond donors (Lipinski definition) is 0. The van der Waals surface area contributed by atoms with E-state index in [0.29, 0.717) is 0 Å². The molecule has 4 nitrogen and oxygen atoms in total. The predicted molar refractivity (Wildman–Crippen MR) is 334 cm³/mol. The SMILES string of the molecule is c1ccc(-c2ccc(N(c3cc(-c4cc5c6ccccc6n(-c6ccccc6)c5c5c4oc4ccccc45)cc(N(c4ccccc4)c4cccc5sc6ccccc6c45)c3)c3ccc4c(c3)sc3ccccc34)cc2)cc1. The lowest BCUT2D eigenvalue weighted by Gasteiger charge is -2.31. The van der Waals surface area contributed by atoms with Crippen molar-refractivity contribution >= 4 is 141 Å². The van der Waals surface area contributed by atoms with E-state index in [1.54, 1.807) is 0 Å². The normalized spacial score (nSPS) is 11.8. The molecule has 12 aromatic carbocycles. The van der Waals surface area contributed by atoms with Crippen LogP contribution in [0.3, 0.4) is 0 Å². The van der Waals surface area contributed by atoms with Gasteiger partial charge < -0.3 is 18.8 Å². The number of nitrogens with zero attached hydrogens (tertiary/aromatic N) is 3. The van der Waals surface area contributed by atoms with Crippen molar-refractivity contribution in [3.8, 4) is 27.9 Å². The van der Waals surface area contributed by atoms with Crippen LogP contribution in [0.5, 0.6) is 0 Å². The van der Waals surface area contributed by atoms with E-state index in [0.717, 1.165) is 94.9 Å². The fourth-order valence-electron chi connectivity index (χ4n) is 12.1. The number of thiophene rings is 2. The average molecular weight is 1030 g/mol. The number of benzene rings is 12. The molecule has 4 aromatic heterocycles. The maximum Gasteiger partial charge on any atom is 0.145 e. The van der Waals surface area contributed by atoms with Crippen molar-refractivity contribution in [3.05, 3.63) is 273 Å². The summed E-state index contributed by atoms with van der Waals surface area (Å²) in [7, 11) is 0. The van der Waals surface area contributed by atoms with Gasteiger partial charge in [0, 0.05) is 96.2 Å². The third kappa shape index (κ3) is 7.11. The predicted octanol–water partition coefficient (Wildman–Crippen LogP) is 21.7. The monoisotopic (exact) mass is 1030 g/mol. The van der Waals surface area contributed by atoms with Crippen LogP contribution in [0.4, 0.5) is 34.1 Å². The summed E-state index contributed by atoms with van der Waals surface area (Å²) >= 11 is 3.69. The number of rotatable bonds is 9. The summed E-state index contributed by atoms with van der Waals surface area (Å²) in [5.41, 5.74) is 15.8. The van der Waals surface area contributed by atoms with Crippen LogP contribution in [0, 0.1) is 0 Å². The van der Waals surface area contributed by atoms with Crippen LogP contribution in [0.2, 0.25) is 0 Å².